The number of esters is 1. The van der Waals surface area contributed by atoms with Gasteiger partial charge in [-0.15, -0.1) is 11.3 Å². The summed E-state index contributed by atoms with van der Waals surface area (Å²) in [7, 11) is 1.26. The second-order valence-corrected chi connectivity index (χ2v) is 11.4. The summed E-state index contributed by atoms with van der Waals surface area (Å²) < 4.78 is 43.8. The summed E-state index contributed by atoms with van der Waals surface area (Å²) in [6.45, 7) is 3.91. The molecule has 4 heterocycles. The fourth-order valence-electron chi connectivity index (χ4n) is 5.17. The van der Waals surface area contributed by atoms with Gasteiger partial charge in [0, 0.05) is 47.5 Å². The van der Waals surface area contributed by atoms with Crippen molar-refractivity contribution in [2.24, 2.45) is 11.8 Å². The highest BCUT2D eigenvalue weighted by molar-refractivity contribution is 7.18. The molecule has 3 aliphatic rings. The molecule has 3 fully saturated rings. The Morgan fingerprint density at radius 1 is 1.26 bits per heavy atom. The SMILES string of the molecule is COC(=O)COc1ccc(-c2csc3c(OC4C5COCC4CN(C(O)OC4(C)CC4)C5)ncnc23)c(F)c1. The van der Waals surface area contributed by atoms with E-state index in [1.807, 2.05) is 17.2 Å². The maximum absolute atomic E-state index is 15.1. The molecule has 10 nitrogen and oxygen atoms in total. The number of carbonyl (C=O) groups excluding carboxylic acids is 1. The number of carbonyl (C=O) groups is 1. The van der Waals surface area contributed by atoms with Crippen molar-refractivity contribution in [3.8, 4) is 22.8 Å². The first-order valence-electron chi connectivity index (χ1n) is 12.9. The van der Waals surface area contributed by atoms with Gasteiger partial charge in [0.2, 0.25) is 12.3 Å². The molecule has 2 saturated heterocycles. The van der Waals surface area contributed by atoms with Gasteiger partial charge in [0.25, 0.3) is 0 Å². The molecule has 6 rings (SSSR count). The van der Waals surface area contributed by atoms with Crippen molar-refractivity contribution in [1.82, 2.24) is 14.9 Å². The second kappa shape index (κ2) is 10.6. The van der Waals surface area contributed by atoms with Gasteiger partial charge in [0.05, 0.1) is 31.4 Å². The van der Waals surface area contributed by atoms with E-state index in [1.54, 1.807) is 12.1 Å². The molecule has 0 amide bonds. The lowest BCUT2D eigenvalue weighted by Crippen LogP contribution is -2.60. The molecule has 3 unspecified atom stereocenters. The van der Waals surface area contributed by atoms with Crippen molar-refractivity contribution in [2.45, 2.75) is 37.9 Å². The topological polar surface area (TPSA) is 112 Å². The largest absolute Gasteiger partial charge is 0.482 e. The van der Waals surface area contributed by atoms with E-state index in [1.165, 1.54) is 30.8 Å². The van der Waals surface area contributed by atoms with Crippen LogP contribution < -0.4 is 9.47 Å². The fourth-order valence-corrected chi connectivity index (χ4v) is 6.12. The molecule has 0 radical (unpaired) electrons. The molecule has 3 aromatic rings. The van der Waals surface area contributed by atoms with Gasteiger partial charge in [-0.2, -0.15) is 0 Å². The zero-order valence-corrected chi connectivity index (χ0v) is 22.5. The number of benzene rings is 1. The summed E-state index contributed by atoms with van der Waals surface area (Å²) in [5.41, 5.74) is 1.34. The van der Waals surface area contributed by atoms with Gasteiger partial charge in [-0.3, -0.25) is 4.90 Å². The van der Waals surface area contributed by atoms with Crippen molar-refractivity contribution in [1.29, 1.82) is 0 Å². The van der Waals surface area contributed by atoms with Gasteiger partial charge in [0.15, 0.2) is 6.61 Å². The van der Waals surface area contributed by atoms with Crippen LogP contribution in [0.4, 0.5) is 4.39 Å². The summed E-state index contributed by atoms with van der Waals surface area (Å²) in [5, 5.41) is 12.5. The van der Waals surface area contributed by atoms with E-state index >= 15 is 4.39 Å². The Balaban J connectivity index is 1.19. The second-order valence-electron chi connectivity index (χ2n) is 10.5. The Bertz CT molecular complexity index is 1350. The average Bonchev–Trinajstić information content (AvgIpc) is 3.48. The molecule has 2 bridgehead atoms. The maximum Gasteiger partial charge on any atom is 0.343 e. The Morgan fingerprint density at radius 2 is 2.03 bits per heavy atom. The van der Waals surface area contributed by atoms with Gasteiger partial charge in [0.1, 0.15) is 28.7 Å². The quantitative estimate of drug-likeness (QED) is 0.310. The van der Waals surface area contributed by atoms with Crippen LogP contribution in [0.2, 0.25) is 0 Å². The number of thiophene rings is 1. The number of aliphatic hydroxyl groups excluding tert-OH is 1. The van der Waals surface area contributed by atoms with E-state index in [9.17, 15) is 9.90 Å². The predicted molar refractivity (Wildman–Crippen MR) is 139 cm³/mol. The highest BCUT2D eigenvalue weighted by atomic mass is 32.1. The van der Waals surface area contributed by atoms with Crippen molar-refractivity contribution >= 4 is 27.5 Å². The number of rotatable bonds is 9. The maximum atomic E-state index is 15.1. The zero-order valence-electron chi connectivity index (χ0n) is 21.7. The van der Waals surface area contributed by atoms with Crippen LogP contribution in [0.1, 0.15) is 19.8 Å². The average molecular weight is 560 g/mol. The van der Waals surface area contributed by atoms with Crippen molar-refractivity contribution in [3.05, 3.63) is 35.7 Å². The molecule has 1 saturated carbocycles. The van der Waals surface area contributed by atoms with Crippen LogP contribution in [0.15, 0.2) is 29.9 Å². The minimum absolute atomic E-state index is 0.0298. The van der Waals surface area contributed by atoms with Crippen molar-refractivity contribution in [3.63, 3.8) is 0 Å². The number of ether oxygens (including phenoxy) is 5. The minimum atomic E-state index is -0.945. The van der Waals surface area contributed by atoms with Crippen LogP contribution in [0.5, 0.6) is 11.6 Å². The lowest BCUT2D eigenvalue weighted by atomic mass is 9.84. The number of fused-ring (bicyclic) bond motifs is 3. The summed E-state index contributed by atoms with van der Waals surface area (Å²) in [6.07, 6.45) is 2.26. The van der Waals surface area contributed by atoms with Gasteiger partial charge in [-0.05, 0) is 31.9 Å². The Labute approximate surface area is 228 Å². The number of hydrogen-bond acceptors (Lipinski definition) is 11. The highest BCUT2D eigenvalue weighted by Gasteiger charge is 2.47. The smallest absolute Gasteiger partial charge is 0.343 e. The lowest BCUT2D eigenvalue weighted by Gasteiger charge is -2.47. The van der Waals surface area contributed by atoms with E-state index in [0.717, 1.165) is 17.5 Å². The third-order valence-electron chi connectivity index (χ3n) is 7.57. The Morgan fingerprint density at radius 3 is 2.72 bits per heavy atom. The minimum Gasteiger partial charge on any atom is -0.482 e. The molecule has 1 aliphatic carbocycles. The molecule has 39 heavy (non-hydrogen) atoms. The van der Waals surface area contributed by atoms with E-state index in [-0.39, 0.29) is 35.9 Å². The first-order chi connectivity index (χ1) is 18.8. The van der Waals surface area contributed by atoms with E-state index in [4.69, 9.17) is 18.9 Å². The number of piperidine rings is 1. The molecule has 208 valence electrons. The monoisotopic (exact) mass is 559 g/mol. The van der Waals surface area contributed by atoms with Crippen LogP contribution in [0.3, 0.4) is 0 Å². The Hall–Kier alpha value is -2.90. The normalized spacial score (nSPS) is 24.8. The number of aromatic nitrogens is 2. The number of halogens is 1. The molecule has 1 aromatic carbocycles. The molecule has 2 aromatic heterocycles. The molecular weight excluding hydrogens is 529 g/mol. The third kappa shape index (κ3) is 5.44. The van der Waals surface area contributed by atoms with Crippen LogP contribution in [0.25, 0.3) is 21.3 Å². The number of aliphatic hydroxyl groups is 1. The highest BCUT2D eigenvalue weighted by Crippen LogP contribution is 2.42. The van der Waals surface area contributed by atoms with E-state index < -0.39 is 18.2 Å². The van der Waals surface area contributed by atoms with Crippen LogP contribution in [-0.2, 0) is 19.0 Å². The molecular formula is C27H30FN3O7S. The van der Waals surface area contributed by atoms with Gasteiger partial charge < -0.3 is 28.8 Å². The summed E-state index contributed by atoms with van der Waals surface area (Å²) >= 11 is 1.39. The van der Waals surface area contributed by atoms with Crippen LogP contribution in [0, 0.1) is 17.7 Å². The summed E-state index contributed by atoms with van der Waals surface area (Å²) in [6, 6.07) is 4.43. The number of methoxy groups -OCH3 is 1. The van der Waals surface area contributed by atoms with Gasteiger partial charge in [-0.25, -0.2) is 19.2 Å². The zero-order chi connectivity index (χ0) is 27.1. The fraction of sp³-hybridized carbons (Fsp3) is 0.519. The molecule has 1 N–H and O–H groups in total. The third-order valence-corrected chi connectivity index (χ3v) is 8.53. The summed E-state index contributed by atoms with van der Waals surface area (Å²) in [5.74, 6) is -0.317. The first kappa shape index (κ1) is 26.3. The molecule has 12 heteroatoms. The lowest BCUT2D eigenvalue weighted by molar-refractivity contribution is -0.250. The van der Waals surface area contributed by atoms with Gasteiger partial charge in [-0.1, -0.05) is 0 Å². The number of nitrogens with zero attached hydrogens (tertiary/aromatic N) is 3. The predicted octanol–water partition coefficient (Wildman–Crippen LogP) is 3.22. The first-order valence-corrected chi connectivity index (χ1v) is 13.8. The van der Waals surface area contributed by atoms with Crippen LogP contribution in [-0.4, -0.2) is 84.1 Å². The Kier molecular flexibility index (Phi) is 7.15. The molecule has 3 atom stereocenters. The van der Waals surface area contributed by atoms with Crippen molar-refractivity contribution in [2.75, 3.05) is 40.0 Å². The molecule has 0 spiro atoms. The van der Waals surface area contributed by atoms with Gasteiger partial charge >= 0.3 is 5.97 Å². The van der Waals surface area contributed by atoms with E-state index in [2.05, 4.69) is 14.7 Å². The summed E-state index contributed by atoms with van der Waals surface area (Å²) in [4.78, 5) is 22.1. The standard InChI is InChI=1S/C27H30FN3O7S/c1-27(5-6-27)38-26(33)31-8-15-10-35-11-16(9-31)23(15)37-25-24-22(29-14-30-25)19(13-39-24)18-4-3-17(7-20(18)28)36-12-21(32)34-2/h3-4,7,13-16,23,26,33H,5-6,8-12H2,1-2H3. The van der Waals surface area contributed by atoms with Crippen molar-refractivity contribution < 1.29 is 38.0 Å². The number of hydrogen-bond donors (Lipinski definition) is 1. The van der Waals surface area contributed by atoms with E-state index in [0.29, 0.717) is 48.8 Å². The number of likely N-dealkylation sites (tertiary alicyclic amines) is 1. The molecule has 2 aliphatic heterocycles. The van der Waals surface area contributed by atoms with Crippen LogP contribution >= 0.6 is 11.3 Å².